The molecule has 0 aliphatic carbocycles. The fourth-order valence-electron chi connectivity index (χ4n) is 2.84. The molecule has 3 rings (SSSR count). The highest BCUT2D eigenvalue weighted by atomic mass is 32.1. The van der Waals surface area contributed by atoms with Gasteiger partial charge in [0.05, 0.1) is 23.9 Å². The summed E-state index contributed by atoms with van der Waals surface area (Å²) in [6.07, 6.45) is -1.12. The fraction of sp³-hybridized carbons (Fsp3) is 0.588. The van der Waals surface area contributed by atoms with Crippen molar-refractivity contribution in [2.75, 3.05) is 19.8 Å². The van der Waals surface area contributed by atoms with Gasteiger partial charge in [0.25, 0.3) is 0 Å². The van der Waals surface area contributed by atoms with Crippen LogP contribution in [0.1, 0.15) is 23.4 Å². The summed E-state index contributed by atoms with van der Waals surface area (Å²) in [7, 11) is 0. The third-order valence-electron chi connectivity index (χ3n) is 3.99. The zero-order valence-corrected chi connectivity index (χ0v) is 16.5. The lowest BCUT2D eigenvalue weighted by molar-refractivity contribution is -0.192. The largest absolute Gasteiger partial charge is 0.490 e. The lowest BCUT2D eigenvalue weighted by atomic mass is 10.1. The number of carboxylic acids is 1. The Morgan fingerprint density at radius 1 is 1.43 bits per heavy atom. The van der Waals surface area contributed by atoms with E-state index in [0.717, 1.165) is 55.9 Å². The van der Waals surface area contributed by atoms with E-state index in [1.165, 1.54) is 0 Å². The molecular formula is C17H23F3N4O3S. The monoisotopic (exact) mass is 420 g/mol. The van der Waals surface area contributed by atoms with E-state index in [0.29, 0.717) is 5.92 Å². The van der Waals surface area contributed by atoms with Crippen molar-refractivity contribution < 1.29 is 27.8 Å². The van der Waals surface area contributed by atoms with E-state index in [9.17, 15) is 13.2 Å². The maximum Gasteiger partial charge on any atom is 0.490 e. The van der Waals surface area contributed by atoms with Gasteiger partial charge in [-0.25, -0.2) is 14.8 Å². The predicted molar refractivity (Wildman–Crippen MR) is 96.9 cm³/mol. The number of hydrogen-bond donors (Lipinski definition) is 1. The number of fused-ring (bicyclic) bond motifs is 1. The SMILES string of the molecule is CCOCC1CN(Cc2csc(C)n2)Cc2nccn2C1.O=C(O)C(F)(F)F. The highest BCUT2D eigenvalue weighted by Gasteiger charge is 2.38. The molecule has 3 heterocycles. The van der Waals surface area contributed by atoms with Crippen LogP contribution in [0, 0.1) is 12.8 Å². The Kier molecular flexibility index (Phi) is 7.96. The lowest BCUT2D eigenvalue weighted by Crippen LogP contribution is -2.30. The summed E-state index contributed by atoms with van der Waals surface area (Å²) in [4.78, 5) is 20.4. The summed E-state index contributed by atoms with van der Waals surface area (Å²) in [6.45, 7) is 9.48. The molecule has 1 unspecified atom stereocenters. The van der Waals surface area contributed by atoms with E-state index in [4.69, 9.17) is 14.6 Å². The Labute approximate surface area is 164 Å². The van der Waals surface area contributed by atoms with Gasteiger partial charge >= 0.3 is 12.1 Å². The first-order valence-electron chi connectivity index (χ1n) is 8.70. The van der Waals surface area contributed by atoms with E-state index in [1.807, 2.05) is 6.20 Å². The van der Waals surface area contributed by atoms with Crippen LogP contribution in [0.2, 0.25) is 0 Å². The molecule has 156 valence electrons. The van der Waals surface area contributed by atoms with E-state index < -0.39 is 12.1 Å². The first kappa shape index (κ1) is 22.3. The summed E-state index contributed by atoms with van der Waals surface area (Å²) < 4.78 is 39.6. The van der Waals surface area contributed by atoms with E-state index in [2.05, 4.69) is 44.9 Å². The number of nitrogens with zero attached hydrogens (tertiary/aromatic N) is 4. The molecule has 1 atom stereocenters. The standard InChI is InChI=1S/C15H22N4OS.C2HF3O2/c1-3-20-10-13-6-18(8-14-11-21-12(2)17-14)9-15-16-4-5-19(15)7-13;3-2(4,5)1(6)7/h4-5,11,13H,3,6-10H2,1-2H3;(H,6,7). The van der Waals surface area contributed by atoms with Crippen LogP contribution in [0.15, 0.2) is 17.8 Å². The van der Waals surface area contributed by atoms with Crippen molar-refractivity contribution >= 4 is 17.3 Å². The molecule has 0 fully saturated rings. The van der Waals surface area contributed by atoms with E-state index in [1.54, 1.807) is 11.3 Å². The molecule has 0 amide bonds. The van der Waals surface area contributed by atoms with Crippen LogP contribution in [0.5, 0.6) is 0 Å². The molecule has 1 aliphatic rings. The van der Waals surface area contributed by atoms with Crippen LogP contribution in [0.3, 0.4) is 0 Å². The fourth-order valence-corrected chi connectivity index (χ4v) is 3.45. The van der Waals surface area contributed by atoms with Crippen LogP contribution in [-0.4, -0.2) is 56.4 Å². The second kappa shape index (κ2) is 9.99. The molecule has 0 saturated carbocycles. The Morgan fingerprint density at radius 3 is 2.71 bits per heavy atom. The predicted octanol–water partition coefficient (Wildman–Crippen LogP) is 2.95. The third kappa shape index (κ3) is 6.88. The van der Waals surface area contributed by atoms with Crippen molar-refractivity contribution in [1.29, 1.82) is 0 Å². The van der Waals surface area contributed by atoms with Crippen LogP contribution < -0.4 is 0 Å². The number of rotatable bonds is 5. The topological polar surface area (TPSA) is 80.5 Å². The molecule has 11 heteroatoms. The molecule has 7 nitrogen and oxygen atoms in total. The highest BCUT2D eigenvalue weighted by molar-refractivity contribution is 7.09. The van der Waals surface area contributed by atoms with Gasteiger partial charge in [-0.2, -0.15) is 13.2 Å². The summed E-state index contributed by atoms with van der Waals surface area (Å²) in [5.74, 6) is -1.12. The molecule has 0 radical (unpaired) electrons. The van der Waals surface area contributed by atoms with Crippen LogP contribution in [0.4, 0.5) is 13.2 Å². The minimum atomic E-state index is -5.08. The normalized spacial score (nSPS) is 17.4. The Morgan fingerprint density at radius 2 is 2.14 bits per heavy atom. The molecular weight excluding hydrogens is 397 g/mol. The number of alkyl halides is 3. The Balaban J connectivity index is 0.000000345. The quantitative estimate of drug-likeness (QED) is 0.801. The summed E-state index contributed by atoms with van der Waals surface area (Å²) in [5.41, 5.74) is 1.16. The number of aliphatic carboxylic acids is 1. The van der Waals surface area contributed by atoms with Crippen molar-refractivity contribution in [2.45, 2.75) is 39.7 Å². The first-order chi connectivity index (χ1) is 13.2. The molecule has 1 N–H and O–H groups in total. The minimum absolute atomic E-state index is 0.500. The highest BCUT2D eigenvalue weighted by Crippen LogP contribution is 2.19. The second-order valence-electron chi connectivity index (χ2n) is 6.35. The average Bonchev–Trinajstić information content (AvgIpc) is 3.17. The summed E-state index contributed by atoms with van der Waals surface area (Å²) in [6, 6.07) is 0. The maximum absolute atomic E-state index is 10.6. The van der Waals surface area contributed by atoms with Crippen LogP contribution in [-0.2, 0) is 29.2 Å². The molecule has 28 heavy (non-hydrogen) atoms. The van der Waals surface area contributed by atoms with Crippen LogP contribution >= 0.6 is 11.3 Å². The smallest absolute Gasteiger partial charge is 0.475 e. The van der Waals surface area contributed by atoms with Gasteiger partial charge in [-0.05, 0) is 13.8 Å². The van der Waals surface area contributed by atoms with Gasteiger partial charge < -0.3 is 14.4 Å². The van der Waals surface area contributed by atoms with Crippen molar-refractivity contribution in [2.24, 2.45) is 5.92 Å². The Bertz CT molecular complexity index is 763. The number of aryl methyl sites for hydroxylation is 1. The lowest BCUT2D eigenvalue weighted by Gasteiger charge is -2.22. The van der Waals surface area contributed by atoms with Crippen LogP contribution in [0.25, 0.3) is 0 Å². The van der Waals surface area contributed by atoms with Gasteiger partial charge in [-0.3, -0.25) is 4.90 Å². The van der Waals surface area contributed by atoms with Crippen molar-refractivity contribution in [1.82, 2.24) is 19.4 Å². The number of thiazole rings is 1. The molecule has 2 aromatic rings. The molecule has 1 aliphatic heterocycles. The zero-order valence-electron chi connectivity index (χ0n) is 15.6. The first-order valence-corrected chi connectivity index (χ1v) is 9.58. The summed E-state index contributed by atoms with van der Waals surface area (Å²) >= 11 is 1.72. The molecule has 0 saturated heterocycles. The number of imidazole rings is 1. The summed E-state index contributed by atoms with van der Waals surface area (Å²) in [5, 5.41) is 10.4. The van der Waals surface area contributed by atoms with Gasteiger partial charge in [0.2, 0.25) is 0 Å². The average molecular weight is 420 g/mol. The van der Waals surface area contributed by atoms with Gasteiger partial charge in [0, 0.05) is 49.9 Å². The number of halogens is 3. The van der Waals surface area contributed by atoms with E-state index in [-0.39, 0.29) is 0 Å². The van der Waals surface area contributed by atoms with E-state index >= 15 is 0 Å². The number of carbonyl (C=O) groups is 1. The molecule has 2 aromatic heterocycles. The van der Waals surface area contributed by atoms with Gasteiger partial charge in [-0.1, -0.05) is 0 Å². The van der Waals surface area contributed by atoms with Crippen molar-refractivity contribution in [3.05, 3.63) is 34.3 Å². The third-order valence-corrected chi connectivity index (χ3v) is 4.81. The number of ether oxygens (including phenoxy) is 1. The Hall–Kier alpha value is -1.98. The molecule has 0 bridgehead atoms. The second-order valence-corrected chi connectivity index (χ2v) is 7.41. The minimum Gasteiger partial charge on any atom is -0.475 e. The molecule has 0 aromatic carbocycles. The van der Waals surface area contributed by atoms with Crippen molar-refractivity contribution in [3.8, 4) is 0 Å². The number of hydrogen-bond acceptors (Lipinski definition) is 6. The molecule has 0 spiro atoms. The van der Waals surface area contributed by atoms with Crippen molar-refractivity contribution in [3.63, 3.8) is 0 Å². The number of carboxylic acid groups (broad SMARTS) is 1. The van der Waals surface area contributed by atoms with Gasteiger partial charge in [0.1, 0.15) is 5.82 Å². The number of aromatic nitrogens is 3. The maximum atomic E-state index is 10.6. The van der Waals surface area contributed by atoms with Gasteiger partial charge in [0.15, 0.2) is 0 Å². The van der Waals surface area contributed by atoms with Gasteiger partial charge in [-0.15, -0.1) is 11.3 Å². The zero-order chi connectivity index (χ0) is 20.7.